The summed E-state index contributed by atoms with van der Waals surface area (Å²) in [4.78, 5) is 0. The van der Waals surface area contributed by atoms with Gasteiger partial charge in [-0.3, -0.25) is 0 Å². The van der Waals surface area contributed by atoms with Crippen LogP contribution in [-0.2, 0) is 0 Å². The number of benzene rings is 4. The molecule has 250 valence electrons. The van der Waals surface area contributed by atoms with Crippen molar-refractivity contribution in [1.82, 2.24) is 0 Å². The van der Waals surface area contributed by atoms with Gasteiger partial charge in [0.25, 0.3) is 0 Å². The molecule has 2 saturated heterocycles. The molecule has 0 unspecified atom stereocenters. The van der Waals surface area contributed by atoms with Crippen LogP contribution in [0.3, 0.4) is 0 Å². The van der Waals surface area contributed by atoms with Crippen LogP contribution in [0.5, 0.6) is 0 Å². The maximum Gasteiger partial charge on any atom is 0.0962 e. The molecule has 4 aromatic carbocycles. The zero-order chi connectivity index (χ0) is 32.8. The van der Waals surface area contributed by atoms with Gasteiger partial charge in [-0.25, -0.2) is 0 Å². The van der Waals surface area contributed by atoms with Crippen LogP contribution in [0, 0.1) is 27.7 Å². The largest absolute Gasteiger partial charge is 0.329 e. The minimum absolute atomic E-state index is 0.578. The lowest BCUT2D eigenvalue weighted by Crippen LogP contribution is -2.40. The second-order valence-electron chi connectivity index (χ2n) is 14.8. The molecule has 4 aliphatic rings. The third-order valence-electron chi connectivity index (χ3n) is 11.3. The first-order valence-electron chi connectivity index (χ1n) is 18.4. The first-order valence-corrected chi connectivity index (χ1v) is 21.3. The molecule has 0 spiro atoms. The lowest BCUT2D eigenvalue weighted by atomic mass is 9.89. The van der Waals surface area contributed by atoms with Crippen molar-refractivity contribution in [1.29, 1.82) is 0 Å². The minimum atomic E-state index is -0.588. The van der Waals surface area contributed by atoms with Crippen molar-refractivity contribution in [3.63, 3.8) is 0 Å². The Morgan fingerprint density at radius 3 is 0.792 bits per heavy atom. The molecule has 2 aliphatic carbocycles. The molecule has 4 nitrogen and oxygen atoms in total. The maximum atomic E-state index is 2.93. The Kier molecular flexibility index (Phi) is 9.17. The van der Waals surface area contributed by atoms with Gasteiger partial charge in [-0.1, -0.05) is 96.5 Å². The minimum Gasteiger partial charge on any atom is -0.329 e. The quantitative estimate of drug-likeness (QED) is 0.181. The Morgan fingerprint density at radius 1 is 0.375 bits per heavy atom. The number of anilines is 4. The first kappa shape index (κ1) is 32.2. The number of rotatable bonds is 7. The molecule has 8 rings (SSSR count). The molecular formula is C42H52N4P2. The van der Waals surface area contributed by atoms with Gasteiger partial charge in [-0.05, 0) is 102 Å². The van der Waals surface area contributed by atoms with Crippen molar-refractivity contribution in [2.45, 2.75) is 103 Å². The molecule has 2 heterocycles. The molecule has 4 fully saturated rings. The molecule has 4 atom stereocenters. The number of nitrogens with zero attached hydrogens (tertiary/aromatic N) is 4. The molecule has 6 heteroatoms. The fourth-order valence-corrected chi connectivity index (χ4v) is 15.7. The predicted octanol–water partition coefficient (Wildman–Crippen LogP) is 11.5. The van der Waals surface area contributed by atoms with Crippen molar-refractivity contribution in [3.8, 4) is 0 Å². The van der Waals surface area contributed by atoms with Crippen LogP contribution in [0.25, 0.3) is 0 Å². The van der Waals surface area contributed by atoms with Gasteiger partial charge in [0.05, 0.1) is 40.6 Å². The lowest BCUT2D eigenvalue weighted by molar-refractivity contribution is 0.409. The van der Waals surface area contributed by atoms with Crippen molar-refractivity contribution in [2.24, 2.45) is 0 Å². The van der Waals surface area contributed by atoms with E-state index in [9.17, 15) is 0 Å². The summed E-state index contributed by atoms with van der Waals surface area (Å²) in [5.41, 5.74) is 11.1. The second-order valence-corrected chi connectivity index (χ2v) is 18.9. The molecular weight excluding hydrogens is 622 g/mol. The Morgan fingerprint density at radius 2 is 0.583 bits per heavy atom. The van der Waals surface area contributed by atoms with Crippen LogP contribution in [0.15, 0.2) is 97.1 Å². The smallest absolute Gasteiger partial charge is 0.0962 e. The van der Waals surface area contributed by atoms with E-state index in [1.165, 1.54) is 109 Å². The standard InChI is InChI=1S/C42H52N4P2/c1-31-13-21-35(22-14-31)43-39-9-5-6-10-40(39)44(36-23-15-32(2)16-24-36)47(43)29-30-48-45(37-25-17-33(3)18-26-37)41-11-7-8-12-42(41)46(48)38-27-19-34(4)20-28-38/h13-28,39-42H,5-12,29-30H2,1-4H3/t39-,40-,41-,42-/m1/s1. The molecule has 0 aromatic heterocycles. The summed E-state index contributed by atoms with van der Waals surface area (Å²) in [5, 5.41) is 0. The second kappa shape index (κ2) is 13.7. The zero-order valence-electron chi connectivity index (χ0n) is 29.3. The average Bonchev–Trinajstić information content (AvgIpc) is 3.61. The highest BCUT2D eigenvalue weighted by molar-refractivity contribution is 7.65. The number of aryl methyl sites for hydroxylation is 4. The number of hydrogen-bond donors (Lipinski definition) is 0. The van der Waals surface area contributed by atoms with Gasteiger partial charge in [0.1, 0.15) is 0 Å². The van der Waals surface area contributed by atoms with Crippen molar-refractivity contribution in [3.05, 3.63) is 119 Å². The monoisotopic (exact) mass is 674 g/mol. The van der Waals surface area contributed by atoms with Crippen LogP contribution in [0.4, 0.5) is 22.7 Å². The molecule has 2 saturated carbocycles. The average molecular weight is 675 g/mol. The van der Waals surface area contributed by atoms with Crippen LogP contribution >= 0.6 is 16.4 Å². The van der Waals surface area contributed by atoms with Crippen LogP contribution < -0.4 is 18.7 Å². The van der Waals surface area contributed by atoms with Gasteiger partial charge in [0.2, 0.25) is 0 Å². The highest BCUT2D eigenvalue weighted by atomic mass is 31.1. The molecule has 0 N–H and O–H groups in total. The van der Waals surface area contributed by atoms with E-state index in [2.05, 4.69) is 143 Å². The van der Waals surface area contributed by atoms with E-state index in [0.717, 1.165) is 0 Å². The van der Waals surface area contributed by atoms with Crippen molar-refractivity contribution in [2.75, 3.05) is 31.0 Å². The van der Waals surface area contributed by atoms with E-state index >= 15 is 0 Å². The van der Waals surface area contributed by atoms with Crippen molar-refractivity contribution < 1.29 is 0 Å². The Balaban J connectivity index is 1.21. The molecule has 0 amide bonds. The van der Waals surface area contributed by atoms with E-state index in [4.69, 9.17) is 0 Å². The third kappa shape index (κ3) is 6.03. The fourth-order valence-electron chi connectivity index (χ4n) is 8.92. The topological polar surface area (TPSA) is 13.0 Å². The highest BCUT2D eigenvalue weighted by Gasteiger charge is 2.51. The van der Waals surface area contributed by atoms with Gasteiger partial charge in [0.15, 0.2) is 0 Å². The summed E-state index contributed by atoms with van der Waals surface area (Å²) in [6.45, 7) is 8.89. The summed E-state index contributed by atoms with van der Waals surface area (Å²) in [5.74, 6) is 0. The van der Waals surface area contributed by atoms with E-state index in [1.54, 1.807) is 0 Å². The van der Waals surface area contributed by atoms with Crippen molar-refractivity contribution >= 4 is 39.2 Å². The predicted molar refractivity (Wildman–Crippen MR) is 210 cm³/mol. The van der Waals surface area contributed by atoms with Crippen LogP contribution in [0.2, 0.25) is 0 Å². The summed E-state index contributed by atoms with van der Waals surface area (Å²) < 4.78 is 11.7. The zero-order valence-corrected chi connectivity index (χ0v) is 31.1. The molecule has 4 aromatic rings. The van der Waals surface area contributed by atoms with E-state index in [1.807, 2.05) is 0 Å². The van der Waals surface area contributed by atoms with Gasteiger partial charge in [0, 0.05) is 35.1 Å². The normalized spacial score (nSPS) is 24.7. The maximum absolute atomic E-state index is 2.93. The highest BCUT2D eigenvalue weighted by Crippen LogP contribution is 2.65. The molecule has 0 bridgehead atoms. The first-order chi connectivity index (χ1) is 23.5. The Labute approximate surface area is 291 Å². The SMILES string of the molecule is Cc1ccc(N2[C@@H]3CCCC[C@H]3N(c3ccc(C)cc3)P2CCP2N(c3ccc(C)cc3)[C@@H]3CCCC[C@H]3N2c2ccc(C)cc2)cc1. The lowest BCUT2D eigenvalue weighted by Gasteiger charge is -2.38. The van der Waals surface area contributed by atoms with Crippen LogP contribution in [-0.4, -0.2) is 36.5 Å². The summed E-state index contributed by atoms with van der Waals surface area (Å²) >= 11 is 0. The van der Waals surface area contributed by atoms with E-state index in [-0.39, 0.29) is 0 Å². The molecule has 0 radical (unpaired) electrons. The fraction of sp³-hybridized carbons (Fsp3) is 0.429. The van der Waals surface area contributed by atoms with Gasteiger partial charge in [-0.2, -0.15) is 0 Å². The number of hydrogen-bond acceptors (Lipinski definition) is 4. The van der Waals surface area contributed by atoms with Gasteiger partial charge in [-0.15, -0.1) is 0 Å². The molecule has 2 aliphatic heterocycles. The molecule has 48 heavy (non-hydrogen) atoms. The third-order valence-corrected chi connectivity index (χ3v) is 17.0. The Bertz CT molecular complexity index is 1420. The Hall–Kier alpha value is -3.06. The number of fused-ring (bicyclic) bond motifs is 2. The van der Waals surface area contributed by atoms with Gasteiger partial charge < -0.3 is 18.7 Å². The summed E-state index contributed by atoms with van der Waals surface area (Å²) in [6, 6.07) is 40.3. The summed E-state index contributed by atoms with van der Waals surface area (Å²) in [6.07, 6.45) is 13.0. The summed E-state index contributed by atoms with van der Waals surface area (Å²) in [7, 11) is -1.18. The van der Waals surface area contributed by atoms with Gasteiger partial charge >= 0.3 is 0 Å². The van der Waals surface area contributed by atoms with Crippen LogP contribution in [0.1, 0.15) is 73.6 Å². The van der Waals surface area contributed by atoms with E-state index in [0.29, 0.717) is 24.2 Å². The van der Waals surface area contributed by atoms with E-state index < -0.39 is 16.4 Å².